The minimum absolute atomic E-state index is 0.0298. The van der Waals surface area contributed by atoms with Crippen LogP contribution in [0.1, 0.15) is 30.7 Å². The fourth-order valence-corrected chi connectivity index (χ4v) is 3.18. The highest BCUT2D eigenvalue weighted by atomic mass is 35.5. The maximum atomic E-state index is 12.9. The largest absolute Gasteiger partial charge is 0.334 e. The first kappa shape index (κ1) is 22.2. The molecule has 0 N–H and O–H groups in total. The molecule has 0 bridgehead atoms. The van der Waals surface area contributed by atoms with Gasteiger partial charge in [0.1, 0.15) is 5.15 Å². The van der Waals surface area contributed by atoms with Crippen molar-refractivity contribution in [3.63, 3.8) is 0 Å². The number of aromatic nitrogens is 2. The molecule has 0 radical (unpaired) electrons. The monoisotopic (exact) mass is 402 g/mol. The summed E-state index contributed by atoms with van der Waals surface area (Å²) in [5.41, 5.74) is 2.75. The van der Waals surface area contributed by atoms with Crippen molar-refractivity contribution in [2.45, 2.75) is 33.9 Å². The number of aryl methyl sites for hydroxylation is 1. The molecule has 28 heavy (non-hydrogen) atoms. The summed E-state index contributed by atoms with van der Waals surface area (Å²) in [5.74, 6) is 0.417. The number of benzene rings is 1. The van der Waals surface area contributed by atoms with Gasteiger partial charge in [0.15, 0.2) is 0 Å². The number of hydrogen-bond acceptors (Lipinski definition) is 3. The highest BCUT2D eigenvalue weighted by Crippen LogP contribution is 2.22. The number of hydrogen-bond donors (Lipinski definition) is 0. The van der Waals surface area contributed by atoms with E-state index in [2.05, 4.69) is 23.8 Å². The van der Waals surface area contributed by atoms with Gasteiger partial charge in [-0.1, -0.05) is 55.8 Å². The Bertz CT molecular complexity index is 796. The van der Waals surface area contributed by atoms with E-state index < -0.39 is 0 Å². The van der Waals surface area contributed by atoms with Crippen LogP contribution in [0.25, 0.3) is 6.08 Å². The quantitative estimate of drug-likeness (QED) is 0.593. The molecule has 0 atom stereocenters. The van der Waals surface area contributed by atoms with E-state index in [1.165, 1.54) is 0 Å². The topological polar surface area (TPSA) is 41.4 Å². The van der Waals surface area contributed by atoms with Gasteiger partial charge in [-0.05, 0) is 38.6 Å². The fourth-order valence-electron chi connectivity index (χ4n) is 2.88. The van der Waals surface area contributed by atoms with Crippen molar-refractivity contribution in [3.05, 3.63) is 58.4 Å². The van der Waals surface area contributed by atoms with Crippen molar-refractivity contribution in [1.29, 1.82) is 0 Å². The Morgan fingerprint density at radius 2 is 1.89 bits per heavy atom. The molecule has 0 unspecified atom stereocenters. The second kappa shape index (κ2) is 10.4. The van der Waals surface area contributed by atoms with Gasteiger partial charge >= 0.3 is 0 Å². The minimum Gasteiger partial charge on any atom is -0.334 e. The Kier molecular flexibility index (Phi) is 8.27. The molecule has 0 aliphatic heterocycles. The van der Waals surface area contributed by atoms with Crippen LogP contribution in [0.4, 0.5) is 0 Å². The standard InChI is InChI=1S/C22H31ClN4O/c1-17(2)15-27-22(23)20(18(3)24-27)11-12-21(28)26(14-13-25(4)5)16-19-9-7-6-8-10-19/h6-12,17H,13-16H2,1-5H3/b12-11+. The van der Waals surface area contributed by atoms with Crippen molar-refractivity contribution in [2.24, 2.45) is 5.92 Å². The first-order valence-corrected chi connectivity index (χ1v) is 10.0. The second-order valence-electron chi connectivity index (χ2n) is 7.75. The van der Waals surface area contributed by atoms with Gasteiger partial charge in [0, 0.05) is 37.8 Å². The van der Waals surface area contributed by atoms with Gasteiger partial charge in [0.25, 0.3) is 0 Å². The van der Waals surface area contributed by atoms with E-state index >= 15 is 0 Å². The molecule has 0 aliphatic carbocycles. The SMILES string of the molecule is Cc1nn(CC(C)C)c(Cl)c1/C=C/C(=O)N(CCN(C)C)Cc1ccccc1. The highest BCUT2D eigenvalue weighted by Gasteiger charge is 2.15. The van der Waals surface area contributed by atoms with Crippen molar-refractivity contribution in [3.8, 4) is 0 Å². The summed E-state index contributed by atoms with van der Waals surface area (Å²) in [4.78, 5) is 16.8. The number of amides is 1. The second-order valence-corrected chi connectivity index (χ2v) is 8.11. The van der Waals surface area contributed by atoms with Crippen molar-refractivity contribution in [2.75, 3.05) is 27.2 Å². The van der Waals surface area contributed by atoms with Crippen LogP contribution in [0.2, 0.25) is 5.15 Å². The van der Waals surface area contributed by atoms with Crippen LogP contribution in [0.5, 0.6) is 0 Å². The predicted molar refractivity (Wildman–Crippen MR) is 116 cm³/mol. The smallest absolute Gasteiger partial charge is 0.246 e. The third kappa shape index (κ3) is 6.50. The van der Waals surface area contributed by atoms with Crippen LogP contribution in [0.3, 0.4) is 0 Å². The summed E-state index contributed by atoms with van der Waals surface area (Å²) in [5, 5.41) is 5.08. The summed E-state index contributed by atoms with van der Waals surface area (Å²) in [6.45, 7) is 8.96. The van der Waals surface area contributed by atoms with Crippen LogP contribution in [0, 0.1) is 12.8 Å². The van der Waals surface area contributed by atoms with Gasteiger partial charge in [0.2, 0.25) is 5.91 Å². The minimum atomic E-state index is -0.0298. The average molecular weight is 403 g/mol. The first-order valence-electron chi connectivity index (χ1n) is 9.66. The Labute approximate surface area is 173 Å². The van der Waals surface area contributed by atoms with Gasteiger partial charge in [-0.2, -0.15) is 5.10 Å². The summed E-state index contributed by atoms with van der Waals surface area (Å²) in [7, 11) is 4.01. The molecule has 152 valence electrons. The van der Waals surface area contributed by atoms with E-state index in [1.807, 2.05) is 56.3 Å². The lowest BCUT2D eigenvalue weighted by Gasteiger charge is -2.23. The molecule has 6 heteroatoms. The number of rotatable bonds is 9. The first-order chi connectivity index (χ1) is 13.3. The van der Waals surface area contributed by atoms with Gasteiger partial charge in [-0.3, -0.25) is 9.48 Å². The molecule has 1 heterocycles. The zero-order chi connectivity index (χ0) is 20.7. The van der Waals surface area contributed by atoms with Gasteiger partial charge in [-0.25, -0.2) is 0 Å². The lowest BCUT2D eigenvalue weighted by molar-refractivity contribution is -0.126. The number of nitrogens with zero attached hydrogens (tertiary/aromatic N) is 4. The van der Waals surface area contributed by atoms with E-state index in [0.29, 0.717) is 24.2 Å². The Hall–Kier alpha value is -2.11. The molecule has 1 aromatic heterocycles. The van der Waals surface area contributed by atoms with Crippen LogP contribution < -0.4 is 0 Å². The van der Waals surface area contributed by atoms with Gasteiger partial charge in [-0.15, -0.1) is 0 Å². The molecule has 0 saturated heterocycles. The molecule has 0 fully saturated rings. The third-order valence-corrected chi connectivity index (χ3v) is 4.78. The van der Waals surface area contributed by atoms with E-state index in [4.69, 9.17) is 11.6 Å². The molecule has 1 amide bonds. The summed E-state index contributed by atoms with van der Waals surface area (Å²) in [6, 6.07) is 10.0. The number of carbonyl (C=O) groups is 1. The van der Waals surface area contributed by atoms with Gasteiger partial charge < -0.3 is 9.80 Å². The maximum Gasteiger partial charge on any atom is 0.246 e. The predicted octanol–water partition coefficient (Wildman–Crippen LogP) is 4.10. The van der Waals surface area contributed by atoms with Gasteiger partial charge in [0.05, 0.1) is 5.69 Å². The molecular weight excluding hydrogens is 372 g/mol. The van der Waals surface area contributed by atoms with Crippen LogP contribution in [-0.4, -0.2) is 52.7 Å². The van der Waals surface area contributed by atoms with E-state index in [1.54, 1.807) is 16.8 Å². The van der Waals surface area contributed by atoms with E-state index in [0.717, 1.165) is 29.9 Å². The van der Waals surface area contributed by atoms with Crippen molar-refractivity contribution >= 4 is 23.6 Å². The Morgan fingerprint density at radius 3 is 2.50 bits per heavy atom. The normalized spacial score (nSPS) is 11.7. The van der Waals surface area contributed by atoms with E-state index in [9.17, 15) is 4.79 Å². The molecule has 0 spiro atoms. The molecule has 2 rings (SSSR count). The molecule has 1 aromatic carbocycles. The molecule has 0 aliphatic rings. The molecule has 0 saturated carbocycles. The number of carbonyl (C=O) groups excluding carboxylic acids is 1. The lowest BCUT2D eigenvalue weighted by Crippen LogP contribution is -2.35. The molecule has 2 aromatic rings. The zero-order valence-corrected chi connectivity index (χ0v) is 18.3. The maximum absolute atomic E-state index is 12.9. The lowest BCUT2D eigenvalue weighted by atomic mass is 10.2. The number of halogens is 1. The van der Waals surface area contributed by atoms with Crippen LogP contribution >= 0.6 is 11.6 Å². The molecule has 5 nitrogen and oxygen atoms in total. The summed E-state index contributed by atoms with van der Waals surface area (Å²) >= 11 is 6.49. The van der Waals surface area contributed by atoms with Crippen LogP contribution in [-0.2, 0) is 17.9 Å². The Morgan fingerprint density at radius 1 is 1.21 bits per heavy atom. The molecular formula is C22H31ClN4O. The van der Waals surface area contributed by atoms with Crippen LogP contribution in [0.15, 0.2) is 36.4 Å². The fraction of sp³-hybridized carbons (Fsp3) is 0.455. The summed E-state index contributed by atoms with van der Waals surface area (Å²) in [6.07, 6.45) is 3.39. The highest BCUT2D eigenvalue weighted by molar-refractivity contribution is 6.31. The average Bonchev–Trinajstić information content (AvgIpc) is 2.89. The summed E-state index contributed by atoms with van der Waals surface area (Å²) < 4.78 is 1.81. The number of likely N-dealkylation sites (N-methyl/N-ethyl adjacent to an activating group) is 1. The Balaban J connectivity index is 2.16. The van der Waals surface area contributed by atoms with Crippen molar-refractivity contribution < 1.29 is 4.79 Å². The van der Waals surface area contributed by atoms with Crippen molar-refractivity contribution in [1.82, 2.24) is 19.6 Å². The third-order valence-electron chi connectivity index (χ3n) is 4.39. The zero-order valence-electron chi connectivity index (χ0n) is 17.5. The van der Waals surface area contributed by atoms with E-state index in [-0.39, 0.29) is 5.91 Å².